The number of fused-ring (bicyclic) bond motifs is 1. The number of rotatable bonds is 9. The standard InChI is InChI=1S/C22H31N3OS/c1-5-6-7-8-18-9-10-20(16(2)15-18)26-13-12-23-21-19-11-14-27-22(19)24-17(3)25(21)4/h9-11,14-15,21,23H,5-8,12-13H2,1-4H3. The minimum absolute atomic E-state index is 0.161. The molecule has 2 aromatic rings. The Labute approximate surface area is 167 Å². The van der Waals surface area contributed by atoms with Crippen LogP contribution in [0.3, 0.4) is 0 Å². The van der Waals surface area contributed by atoms with Gasteiger partial charge in [-0.2, -0.15) is 0 Å². The summed E-state index contributed by atoms with van der Waals surface area (Å²) in [5.74, 6) is 2.03. The summed E-state index contributed by atoms with van der Waals surface area (Å²) < 4.78 is 6.03. The quantitative estimate of drug-likeness (QED) is 0.583. The van der Waals surface area contributed by atoms with Crippen LogP contribution in [-0.4, -0.2) is 30.9 Å². The molecule has 0 bridgehead atoms. The maximum absolute atomic E-state index is 6.03. The Morgan fingerprint density at radius 2 is 2.07 bits per heavy atom. The van der Waals surface area contributed by atoms with Crippen LogP contribution in [0.15, 0.2) is 34.6 Å². The molecule has 5 heteroatoms. The number of aryl methyl sites for hydroxylation is 2. The Bertz CT molecular complexity index is 784. The Morgan fingerprint density at radius 3 is 2.85 bits per heavy atom. The van der Waals surface area contributed by atoms with Gasteiger partial charge >= 0.3 is 0 Å². The van der Waals surface area contributed by atoms with E-state index in [2.05, 4.69) is 72.7 Å². The van der Waals surface area contributed by atoms with E-state index in [0.717, 1.165) is 29.6 Å². The zero-order valence-electron chi connectivity index (χ0n) is 16.9. The predicted octanol–water partition coefficient (Wildman–Crippen LogP) is 5.45. The Hall–Kier alpha value is -1.85. The molecule has 3 rings (SSSR count). The van der Waals surface area contributed by atoms with Crippen molar-refractivity contribution >= 4 is 22.2 Å². The third kappa shape index (κ3) is 4.90. The monoisotopic (exact) mass is 385 g/mol. The highest BCUT2D eigenvalue weighted by Crippen LogP contribution is 2.36. The fraction of sp³-hybridized carbons (Fsp3) is 0.500. The van der Waals surface area contributed by atoms with E-state index in [0.29, 0.717) is 6.61 Å². The topological polar surface area (TPSA) is 36.9 Å². The van der Waals surface area contributed by atoms with E-state index >= 15 is 0 Å². The maximum Gasteiger partial charge on any atom is 0.124 e. The number of hydrogen-bond donors (Lipinski definition) is 1. The minimum atomic E-state index is 0.161. The van der Waals surface area contributed by atoms with Crippen LogP contribution in [0.25, 0.3) is 0 Å². The van der Waals surface area contributed by atoms with E-state index in [1.165, 1.54) is 36.0 Å². The van der Waals surface area contributed by atoms with Crippen molar-refractivity contribution in [3.63, 3.8) is 0 Å². The van der Waals surface area contributed by atoms with Gasteiger partial charge in [0.1, 0.15) is 29.4 Å². The van der Waals surface area contributed by atoms with Gasteiger partial charge in [-0.3, -0.25) is 5.32 Å². The molecule has 0 saturated carbocycles. The molecule has 1 aromatic heterocycles. The van der Waals surface area contributed by atoms with Crippen LogP contribution < -0.4 is 10.1 Å². The van der Waals surface area contributed by atoms with Gasteiger partial charge in [0.05, 0.1) is 0 Å². The van der Waals surface area contributed by atoms with Crippen molar-refractivity contribution in [1.82, 2.24) is 10.2 Å². The van der Waals surface area contributed by atoms with Crippen LogP contribution in [0.1, 0.15) is 56.0 Å². The van der Waals surface area contributed by atoms with E-state index in [-0.39, 0.29) is 6.17 Å². The Kier molecular flexibility index (Phi) is 6.91. The summed E-state index contributed by atoms with van der Waals surface area (Å²) in [7, 11) is 2.08. The van der Waals surface area contributed by atoms with Gasteiger partial charge in [-0.15, -0.1) is 11.3 Å². The summed E-state index contributed by atoms with van der Waals surface area (Å²) in [6, 6.07) is 8.76. The number of nitrogens with one attached hydrogen (secondary N) is 1. The average Bonchev–Trinajstić information content (AvgIpc) is 3.11. The number of hydrogen-bond acceptors (Lipinski definition) is 5. The van der Waals surface area contributed by atoms with E-state index in [9.17, 15) is 0 Å². The van der Waals surface area contributed by atoms with Gasteiger partial charge < -0.3 is 9.64 Å². The molecule has 4 nitrogen and oxygen atoms in total. The highest BCUT2D eigenvalue weighted by molar-refractivity contribution is 7.14. The summed E-state index contributed by atoms with van der Waals surface area (Å²) in [5, 5.41) is 6.82. The second kappa shape index (κ2) is 9.38. The molecule has 0 radical (unpaired) electrons. The third-order valence-electron chi connectivity index (χ3n) is 5.14. The molecule has 146 valence electrons. The van der Waals surface area contributed by atoms with Crippen molar-refractivity contribution in [3.05, 3.63) is 46.3 Å². The molecule has 0 saturated heterocycles. The summed E-state index contributed by atoms with van der Waals surface area (Å²) in [5.41, 5.74) is 3.89. The van der Waals surface area contributed by atoms with Gasteiger partial charge in [0.2, 0.25) is 0 Å². The molecule has 0 amide bonds. The maximum atomic E-state index is 6.03. The first-order valence-corrected chi connectivity index (χ1v) is 10.8. The van der Waals surface area contributed by atoms with Gasteiger partial charge in [0.25, 0.3) is 0 Å². The van der Waals surface area contributed by atoms with Crippen LogP contribution >= 0.6 is 11.3 Å². The van der Waals surface area contributed by atoms with Crippen molar-refractivity contribution in [2.45, 2.75) is 52.6 Å². The third-order valence-corrected chi connectivity index (χ3v) is 5.96. The Morgan fingerprint density at radius 1 is 1.22 bits per heavy atom. The average molecular weight is 386 g/mol. The number of ether oxygens (including phenoxy) is 1. The first-order valence-electron chi connectivity index (χ1n) is 9.91. The second-order valence-corrected chi connectivity index (χ2v) is 8.11. The lowest BCUT2D eigenvalue weighted by Gasteiger charge is -2.33. The molecular weight excluding hydrogens is 354 g/mol. The molecule has 1 aliphatic rings. The normalized spacial score (nSPS) is 16.2. The molecule has 0 spiro atoms. The van der Waals surface area contributed by atoms with Crippen molar-refractivity contribution in [2.24, 2.45) is 4.99 Å². The number of nitrogens with zero attached hydrogens (tertiary/aromatic N) is 2. The minimum Gasteiger partial charge on any atom is -0.492 e. The van der Waals surface area contributed by atoms with Crippen molar-refractivity contribution in [2.75, 3.05) is 20.2 Å². The Balaban J connectivity index is 1.50. The van der Waals surface area contributed by atoms with Gasteiger partial charge in [-0.25, -0.2) is 4.99 Å². The lowest BCUT2D eigenvalue weighted by molar-refractivity contribution is 0.260. The highest BCUT2D eigenvalue weighted by atomic mass is 32.1. The lowest BCUT2D eigenvalue weighted by Crippen LogP contribution is -2.41. The summed E-state index contributed by atoms with van der Waals surface area (Å²) in [4.78, 5) is 6.84. The number of thiophene rings is 1. The molecule has 0 aliphatic carbocycles. The van der Waals surface area contributed by atoms with Gasteiger partial charge in [-0.05, 0) is 55.3 Å². The molecule has 1 unspecified atom stereocenters. The van der Waals surface area contributed by atoms with E-state index in [1.54, 1.807) is 11.3 Å². The molecule has 1 aromatic carbocycles. The van der Waals surface area contributed by atoms with Crippen molar-refractivity contribution in [1.29, 1.82) is 0 Å². The molecule has 0 fully saturated rings. The van der Waals surface area contributed by atoms with Crippen LogP contribution in [0.5, 0.6) is 5.75 Å². The molecule has 2 heterocycles. The molecular formula is C22H31N3OS. The first kappa shape index (κ1) is 19.9. The van der Waals surface area contributed by atoms with E-state index < -0.39 is 0 Å². The summed E-state index contributed by atoms with van der Waals surface area (Å²) in [6.45, 7) is 7.87. The fourth-order valence-corrected chi connectivity index (χ4v) is 4.29. The molecule has 1 aliphatic heterocycles. The number of amidine groups is 1. The lowest BCUT2D eigenvalue weighted by atomic mass is 10.0. The van der Waals surface area contributed by atoms with Crippen LogP contribution in [-0.2, 0) is 6.42 Å². The predicted molar refractivity (Wildman–Crippen MR) is 115 cm³/mol. The fourth-order valence-electron chi connectivity index (χ4n) is 3.44. The van der Waals surface area contributed by atoms with Crippen molar-refractivity contribution < 1.29 is 4.74 Å². The zero-order valence-corrected chi connectivity index (χ0v) is 17.7. The van der Waals surface area contributed by atoms with Gasteiger partial charge in [0, 0.05) is 19.2 Å². The van der Waals surface area contributed by atoms with Crippen LogP contribution in [0.2, 0.25) is 0 Å². The molecule has 1 atom stereocenters. The number of benzene rings is 1. The largest absolute Gasteiger partial charge is 0.492 e. The number of unbranched alkanes of at least 4 members (excludes halogenated alkanes) is 2. The van der Waals surface area contributed by atoms with Crippen LogP contribution in [0, 0.1) is 6.92 Å². The van der Waals surface area contributed by atoms with Gasteiger partial charge in [0.15, 0.2) is 0 Å². The van der Waals surface area contributed by atoms with E-state index in [1.807, 2.05) is 0 Å². The first-order chi connectivity index (χ1) is 13.1. The summed E-state index contributed by atoms with van der Waals surface area (Å²) >= 11 is 1.70. The SMILES string of the molecule is CCCCCc1ccc(OCCNC2c3ccsc3N=C(C)N2C)c(C)c1. The smallest absolute Gasteiger partial charge is 0.124 e. The van der Waals surface area contributed by atoms with Crippen molar-refractivity contribution in [3.8, 4) is 5.75 Å². The van der Waals surface area contributed by atoms with E-state index in [4.69, 9.17) is 4.74 Å². The number of aliphatic imine (C=N–C) groups is 1. The second-order valence-electron chi connectivity index (χ2n) is 7.21. The van der Waals surface area contributed by atoms with Crippen LogP contribution in [0.4, 0.5) is 5.00 Å². The molecule has 1 N–H and O–H groups in total. The van der Waals surface area contributed by atoms with Gasteiger partial charge in [-0.1, -0.05) is 31.9 Å². The zero-order chi connectivity index (χ0) is 19.2. The summed E-state index contributed by atoms with van der Waals surface area (Å²) in [6.07, 6.45) is 5.15. The molecule has 27 heavy (non-hydrogen) atoms. The highest BCUT2D eigenvalue weighted by Gasteiger charge is 2.25.